The van der Waals surface area contributed by atoms with Crippen molar-refractivity contribution in [3.63, 3.8) is 0 Å². The first-order valence-electron chi connectivity index (χ1n) is 6.55. The zero-order chi connectivity index (χ0) is 15.2. The molecule has 2 aromatic rings. The Morgan fingerprint density at radius 3 is 2.19 bits per heavy atom. The molecule has 0 radical (unpaired) electrons. The quantitative estimate of drug-likeness (QED) is 0.579. The number of nitrogens with one attached hydrogen (secondary N) is 1. The number of hydrogen-bond acceptors (Lipinski definition) is 4. The number of benzene rings is 2. The highest BCUT2D eigenvalue weighted by atomic mass is 16.4. The van der Waals surface area contributed by atoms with Crippen LogP contribution in [0.25, 0.3) is 0 Å². The van der Waals surface area contributed by atoms with E-state index < -0.39 is 19.1 Å². The zero-order valence-electron chi connectivity index (χ0n) is 11.3. The van der Waals surface area contributed by atoms with Crippen LogP contribution in [-0.4, -0.2) is 34.3 Å². The molecule has 0 saturated heterocycles. The van der Waals surface area contributed by atoms with Gasteiger partial charge in [-0.25, -0.2) is 4.79 Å². The molecule has 0 bridgehead atoms. The normalized spacial score (nSPS) is 11.7. The maximum atomic E-state index is 11.3. The molecule has 2 rings (SSSR count). The van der Waals surface area contributed by atoms with Gasteiger partial charge < -0.3 is 20.5 Å². The van der Waals surface area contributed by atoms with Crippen LogP contribution in [0.15, 0.2) is 54.6 Å². The Morgan fingerprint density at radius 2 is 1.67 bits per heavy atom. The summed E-state index contributed by atoms with van der Waals surface area (Å²) in [6.07, 6.45) is 0.362. The van der Waals surface area contributed by atoms with Crippen molar-refractivity contribution < 1.29 is 19.9 Å². The highest BCUT2D eigenvalue weighted by Crippen LogP contribution is 2.11. The monoisotopic (exact) mass is 285 g/mol. The van der Waals surface area contributed by atoms with Gasteiger partial charge in [0.2, 0.25) is 0 Å². The Balaban J connectivity index is 2.07. The predicted octanol–water partition coefficient (Wildman–Crippen LogP) is 0.474. The van der Waals surface area contributed by atoms with Crippen LogP contribution in [0.1, 0.15) is 5.56 Å². The van der Waals surface area contributed by atoms with Gasteiger partial charge >= 0.3 is 13.1 Å². The third kappa shape index (κ3) is 4.34. The topological polar surface area (TPSA) is 89.8 Å². The molecule has 0 aliphatic heterocycles. The Kier molecular flexibility index (Phi) is 4.97. The molecule has 4 N–H and O–H groups in total. The molecule has 0 aliphatic carbocycles. The lowest BCUT2D eigenvalue weighted by Crippen LogP contribution is -2.32. The van der Waals surface area contributed by atoms with Crippen LogP contribution in [0.3, 0.4) is 0 Å². The van der Waals surface area contributed by atoms with E-state index in [9.17, 15) is 9.90 Å². The maximum absolute atomic E-state index is 11.3. The largest absolute Gasteiger partial charge is 0.488 e. The first kappa shape index (κ1) is 15.1. The Labute approximate surface area is 123 Å². The first-order chi connectivity index (χ1) is 10.1. The minimum Gasteiger partial charge on any atom is -0.480 e. The van der Waals surface area contributed by atoms with E-state index in [0.29, 0.717) is 17.6 Å². The van der Waals surface area contributed by atoms with Gasteiger partial charge in [0, 0.05) is 12.1 Å². The van der Waals surface area contributed by atoms with E-state index in [1.807, 2.05) is 30.3 Å². The molecule has 0 fully saturated rings. The summed E-state index contributed by atoms with van der Waals surface area (Å²) in [5, 5.41) is 30.3. The second kappa shape index (κ2) is 6.92. The fraction of sp³-hybridized carbons (Fsp3) is 0.133. The van der Waals surface area contributed by atoms with Crippen molar-refractivity contribution >= 4 is 24.2 Å². The number of anilines is 1. The van der Waals surface area contributed by atoms with Crippen LogP contribution in [0.2, 0.25) is 0 Å². The fourth-order valence-corrected chi connectivity index (χ4v) is 2.00. The summed E-state index contributed by atoms with van der Waals surface area (Å²) < 4.78 is 0. The number of aliphatic carboxylic acids is 1. The van der Waals surface area contributed by atoms with Crippen molar-refractivity contribution in [1.29, 1.82) is 0 Å². The highest BCUT2D eigenvalue weighted by molar-refractivity contribution is 6.58. The lowest BCUT2D eigenvalue weighted by Gasteiger charge is -2.16. The molecule has 108 valence electrons. The average Bonchev–Trinajstić information content (AvgIpc) is 2.48. The lowest BCUT2D eigenvalue weighted by molar-refractivity contribution is -0.137. The summed E-state index contributed by atoms with van der Waals surface area (Å²) in [6.45, 7) is 0. The molecule has 0 saturated carbocycles. The van der Waals surface area contributed by atoms with E-state index in [0.717, 1.165) is 5.56 Å². The van der Waals surface area contributed by atoms with Gasteiger partial charge in [0.15, 0.2) is 0 Å². The van der Waals surface area contributed by atoms with Gasteiger partial charge in [0.05, 0.1) is 0 Å². The van der Waals surface area contributed by atoms with E-state index in [1.54, 1.807) is 12.1 Å². The minimum atomic E-state index is -1.53. The van der Waals surface area contributed by atoms with E-state index in [2.05, 4.69) is 5.32 Å². The summed E-state index contributed by atoms with van der Waals surface area (Å²) in [5.74, 6) is -0.940. The van der Waals surface area contributed by atoms with Gasteiger partial charge in [0.25, 0.3) is 0 Å². The highest BCUT2D eigenvalue weighted by Gasteiger charge is 2.18. The van der Waals surface area contributed by atoms with Crippen LogP contribution >= 0.6 is 0 Å². The Hall–Kier alpha value is -2.31. The molecule has 2 aromatic carbocycles. The first-order valence-corrected chi connectivity index (χ1v) is 6.55. The van der Waals surface area contributed by atoms with Crippen molar-refractivity contribution in [2.24, 2.45) is 0 Å². The van der Waals surface area contributed by atoms with Gasteiger partial charge in [-0.1, -0.05) is 42.5 Å². The van der Waals surface area contributed by atoms with E-state index >= 15 is 0 Å². The van der Waals surface area contributed by atoms with Crippen molar-refractivity contribution in [3.05, 3.63) is 60.2 Å². The fourth-order valence-electron chi connectivity index (χ4n) is 2.00. The van der Waals surface area contributed by atoms with E-state index in [-0.39, 0.29) is 0 Å². The van der Waals surface area contributed by atoms with E-state index in [1.165, 1.54) is 12.1 Å². The molecule has 5 nitrogen and oxygen atoms in total. The van der Waals surface area contributed by atoms with Crippen molar-refractivity contribution in [3.8, 4) is 0 Å². The summed E-state index contributed by atoms with van der Waals surface area (Å²) in [6, 6.07) is 14.9. The number of rotatable bonds is 6. The van der Waals surface area contributed by atoms with Gasteiger partial charge in [-0.15, -0.1) is 0 Å². The molecule has 0 amide bonds. The van der Waals surface area contributed by atoms with Crippen LogP contribution in [0.4, 0.5) is 5.69 Å². The van der Waals surface area contributed by atoms with Gasteiger partial charge in [-0.3, -0.25) is 0 Å². The lowest BCUT2D eigenvalue weighted by atomic mass is 9.80. The maximum Gasteiger partial charge on any atom is 0.488 e. The second-order valence-electron chi connectivity index (χ2n) is 4.72. The number of carbonyl (C=O) groups is 1. The molecule has 0 aliphatic rings. The van der Waals surface area contributed by atoms with Crippen molar-refractivity contribution in [1.82, 2.24) is 0 Å². The summed E-state index contributed by atoms with van der Waals surface area (Å²) in [5.41, 5.74) is 1.90. The van der Waals surface area contributed by atoms with E-state index in [4.69, 9.17) is 10.0 Å². The van der Waals surface area contributed by atoms with Gasteiger partial charge in [-0.2, -0.15) is 0 Å². The average molecular weight is 285 g/mol. The Bertz CT molecular complexity index is 586. The Morgan fingerprint density at radius 1 is 1.05 bits per heavy atom. The molecular weight excluding hydrogens is 269 g/mol. The smallest absolute Gasteiger partial charge is 0.480 e. The SMILES string of the molecule is O=C(O)[C@H](Cc1ccccc1)Nc1ccc(B(O)O)cc1. The number of carboxylic acids is 1. The molecule has 21 heavy (non-hydrogen) atoms. The van der Waals surface area contributed by atoms with Crippen molar-refractivity contribution in [2.75, 3.05) is 5.32 Å². The summed E-state index contributed by atoms with van der Waals surface area (Å²) in [7, 11) is -1.53. The zero-order valence-corrected chi connectivity index (χ0v) is 11.3. The third-order valence-electron chi connectivity index (χ3n) is 3.13. The number of hydrogen-bond donors (Lipinski definition) is 4. The summed E-state index contributed by atoms with van der Waals surface area (Å²) in [4.78, 5) is 11.3. The second-order valence-corrected chi connectivity index (χ2v) is 4.72. The molecule has 0 heterocycles. The molecule has 6 heteroatoms. The van der Waals surface area contributed by atoms with Crippen LogP contribution in [-0.2, 0) is 11.2 Å². The molecular formula is C15H16BNO4. The van der Waals surface area contributed by atoms with Crippen LogP contribution in [0.5, 0.6) is 0 Å². The predicted molar refractivity (Wildman–Crippen MR) is 81.5 cm³/mol. The number of carboxylic acid groups (broad SMARTS) is 1. The standard InChI is InChI=1S/C15H16BNO4/c18-15(19)14(10-11-4-2-1-3-5-11)17-13-8-6-12(7-9-13)16(20)21/h1-9,14,17,20-21H,10H2,(H,18,19)/t14-/m0/s1. The van der Waals surface area contributed by atoms with Gasteiger partial charge in [0.1, 0.15) is 6.04 Å². The minimum absolute atomic E-state index is 0.357. The summed E-state index contributed by atoms with van der Waals surface area (Å²) >= 11 is 0. The van der Waals surface area contributed by atoms with Crippen LogP contribution in [0, 0.1) is 0 Å². The van der Waals surface area contributed by atoms with Crippen molar-refractivity contribution in [2.45, 2.75) is 12.5 Å². The van der Waals surface area contributed by atoms with Gasteiger partial charge in [-0.05, 0) is 23.2 Å². The molecule has 1 atom stereocenters. The molecule has 0 aromatic heterocycles. The molecule has 0 spiro atoms. The van der Waals surface area contributed by atoms with Crippen LogP contribution < -0.4 is 10.8 Å². The third-order valence-corrected chi connectivity index (χ3v) is 3.13. The molecule has 0 unspecified atom stereocenters.